The third-order valence-corrected chi connectivity index (χ3v) is 6.21. The quantitative estimate of drug-likeness (QED) is 0.707. The molecular weight excluding hydrogens is 399 g/mol. The number of ether oxygens (including phenoxy) is 1. The number of rotatable bonds is 6. The largest absolute Gasteiger partial charge is 0.449 e. The van der Waals surface area contributed by atoms with E-state index in [1.165, 1.54) is 31.2 Å². The molecule has 1 heterocycles. The molecule has 8 heteroatoms. The molecule has 0 radical (unpaired) electrons. The van der Waals surface area contributed by atoms with E-state index in [2.05, 4.69) is 10.3 Å². The molecule has 0 aromatic heterocycles. The van der Waals surface area contributed by atoms with Crippen LogP contribution in [-0.2, 0) is 15.3 Å². The van der Waals surface area contributed by atoms with Gasteiger partial charge in [-0.2, -0.15) is 0 Å². The van der Waals surface area contributed by atoms with Gasteiger partial charge in [-0.15, -0.1) is 0 Å². The topological polar surface area (TPSA) is 67.8 Å². The molecule has 146 valence electrons. The van der Waals surface area contributed by atoms with Crippen LogP contribution in [0.15, 0.2) is 53.5 Å². The van der Waals surface area contributed by atoms with Crippen LogP contribution in [0.1, 0.15) is 22.8 Å². The summed E-state index contributed by atoms with van der Waals surface area (Å²) in [6.07, 6.45) is -0.993. The number of amides is 1. The fourth-order valence-electron chi connectivity index (χ4n) is 2.44. The Morgan fingerprint density at radius 1 is 1.25 bits per heavy atom. The van der Waals surface area contributed by atoms with Crippen molar-refractivity contribution in [1.29, 1.82) is 0 Å². The minimum Gasteiger partial charge on any atom is -0.449 e. The maximum Gasteiger partial charge on any atom is 0.339 e. The lowest BCUT2D eigenvalue weighted by Crippen LogP contribution is -2.30. The van der Waals surface area contributed by atoms with E-state index < -0.39 is 23.8 Å². The number of halogens is 1. The number of benzene rings is 2. The van der Waals surface area contributed by atoms with Gasteiger partial charge in [0.05, 0.1) is 12.1 Å². The standard InChI is InChI=1S/C20H19FN2O3S2/c1-13(18(24)23-16-8-6-15(21)7-9-16)26-19(25)17-5-3-2-4-14(17)12-28-20-22-10-11-27-20/h2-9,13H,10-12H2,1H3,(H,23,24)/t13-/m0/s1. The second-order valence-corrected chi connectivity index (χ2v) is 8.29. The maximum absolute atomic E-state index is 12.9. The summed E-state index contributed by atoms with van der Waals surface area (Å²) in [6, 6.07) is 12.5. The number of nitrogens with one attached hydrogen (secondary N) is 1. The highest BCUT2D eigenvalue weighted by molar-refractivity contribution is 8.38. The fraction of sp³-hybridized carbons (Fsp3) is 0.250. The van der Waals surface area contributed by atoms with Gasteiger partial charge in [0.2, 0.25) is 0 Å². The van der Waals surface area contributed by atoms with Crippen molar-refractivity contribution in [3.8, 4) is 0 Å². The summed E-state index contributed by atoms with van der Waals surface area (Å²) >= 11 is 3.30. The van der Waals surface area contributed by atoms with E-state index in [1.807, 2.05) is 12.1 Å². The van der Waals surface area contributed by atoms with Gasteiger partial charge in [-0.05, 0) is 42.8 Å². The van der Waals surface area contributed by atoms with Gasteiger partial charge in [0, 0.05) is 17.2 Å². The fourth-order valence-corrected chi connectivity index (χ4v) is 4.46. The molecule has 2 aromatic carbocycles. The van der Waals surface area contributed by atoms with Crippen LogP contribution in [0.5, 0.6) is 0 Å². The Hall–Kier alpha value is -2.32. The average molecular weight is 419 g/mol. The minimum atomic E-state index is -0.993. The molecule has 0 aliphatic carbocycles. The highest BCUT2D eigenvalue weighted by Gasteiger charge is 2.21. The Balaban J connectivity index is 1.60. The molecule has 1 aliphatic heterocycles. The van der Waals surface area contributed by atoms with E-state index in [0.717, 1.165) is 22.2 Å². The Morgan fingerprint density at radius 3 is 2.71 bits per heavy atom. The Bertz CT molecular complexity index is 887. The van der Waals surface area contributed by atoms with Gasteiger partial charge in [-0.1, -0.05) is 41.7 Å². The predicted molar refractivity (Wildman–Crippen MR) is 112 cm³/mol. The SMILES string of the molecule is C[C@H](OC(=O)c1ccccc1CSC1=NCCS1)C(=O)Nc1ccc(F)cc1. The smallest absolute Gasteiger partial charge is 0.339 e. The molecule has 28 heavy (non-hydrogen) atoms. The normalized spacial score (nSPS) is 14.3. The first-order valence-electron chi connectivity index (χ1n) is 8.68. The molecule has 2 aromatic rings. The zero-order valence-electron chi connectivity index (χ0n) is 15.2. The molecule has 0 saturated carbocycles. The summed E-state index contributed by atoms with van der Waals surface area (Å²) in [5, 5.41) is 2.60. The molecule has 3 rings (SSSR count). The molecule has 0 fully saturated rings. The Kier molecular flexibility index (Phi) is 7.11. The minimum absolute atomic E-state index is 0.395. The van der Waals surface area contributed by atoms with E-state index in [-0.39, 0.29) is 0 Å². The lowest BCUT2D eigenvalue weighted by atomic mass is 10.1. The molecule has 0 saturated heterocycles. The molecule has 1 N–H and O–H groups in total. The number of anilines is 1. The molecule has 0 bridgehead atoms. The molecule has 0 unspecified atom stereocenters. The van der Waals surface area contributed by atoms with Crippen molar-refractivity contribution >= 4 is 45.5 Å². The van der Waals surface area contributed by atoms with Crippen molar-refractivity contribution < 1.29 is 18.7 Å². The monoisotopic (exact) mass is 418 g/mol. The number of nitrogens with zero attached hydrogens (tertiary/aromatic N) is 1. The molecular formula is C20H19FN2O3S2. The summed E-state index contributed by atoms with van der Waals surface area (Å²) in [4.78, 5) is 29.2. The van der Waals surface area contributed by atoms with Crippen LogP contribution in [0.4, 0.5) is 10.1 Å². The number of carbonyl (C=O) groups is 2. The van der Waals surface area contributed by atoms with E-state index in [4.69, 9.17) is 4.74 Å². The van der Waals surface area contributed by atoms with E-state index in [9.17, 15) is 14.0 Å². The third kappa shape index (κ3) is 5.59. The van der Waals surface area contributed by atoms with Gasteiger partial charge in [0.1, 0.15) is 10.2 Å². The van der Waals surface area contributed by atoms with Gasteiger partial charge >= 0.3 is 5.97 Å². The molecule has 0 spiro atoms. The maximum atomic E-state index is 12.9. The van der Waals surface area contributed by atoms with E-state index in [1.54, 1.807) is 35.7 Å². The van der Waals surface area contributed by atoms with E-state index >= 15 is 0 Å². The van der Waals surface area contributed by atoms with Gasteiger partial charge in [-0.3, -0.25) is 9.79 Å². The summed E-state index contributed by atoms with van der Waals surface area (Å²) in [5.41, 5.74) is 1.69. The molecule has 1 amide bonds. The van der Waals surface area contributed by atoms with Crippen LogP contribution >= 0.6 is 23.5 Å². The predicted octanol–water partition coefficient (Wildman–Crippen LogP) is 4.35. The van der Waals surface area contributed by atoms with Crippen LogP contribution in [0, 0.1) is 5.82 Å². The van der Waals surface area contributed by atoms with E-state index in [0.29, 0.717) is 17.0 Å². The summed E-state index contributed by atoms with van der Waals surface area (Å²) < 4.78 is 19.3. The van der Waals surface area contributed by atoms with Crippen molar-refractivity contribution in [2.75, 3.05) is 17.6 Å². The van der Waals surface area contributed by atoms with Crippen molar-refractivity contribution in [3.63, 3.8) is 0 Å². The molecule has 5 nitrogen and oxygen atoms in total. The van der Waals surface area contributed by atoms with Crippen LogP contribution in [-0.4, -0.2) is 34.7 Å². The number of hydrogen-bond donors (Lipinski definition) is 1. The second kappa shape index (κ2) is 9.75. The van der Waals surface area contributed by atoms with Gasteiger partial charge in [-0.25, -0.2) is 9.18 Å². The number of aliphatic imine (C=N–C) groups is 1. The number of carbonyl (C=O) groups excluding carboxylic acids is 2. The van der Waals surface area contributed by atoms with Crippen LogP contribution in [0.2, 0.25) is 0 Å². The Morgan fingerprint density at radius 2 is 2.00 bits per heavy atom. The Labute approximate surface area is 171 Å². The summed E-state index contributed by atoms with van der Waals surface area (Å²) in [6.45, 7) is 2.33. The van der Waals surface area contributed by atoms with Crippen LogP contribution < -0.4 is 5.32 Å². The van der Waals surface area contributed by atoms with Crippen molar-refractivity contribution in [1.82, 2.24) is 0 Å². The number of thioether (sulfide) groups is 2. The van der Waals surface area contributed by atoms with Gasteiger partial charge in [0.15, 0.2) is 6.10 Å². The highest BCUT2D eigenvalue weighted by Crippen LogP contribution is 2.26. The zero-order valence-corrected chi connectivity index (χ0v) is 16.8. The van der Waals surface area contributed by atoms with Crippen molar-refractivity contribution in [2.45, 2.75) is 18.8 Å². The summed E-state index contributed by atoms with van der Waals surface area (Å²) in [7, 11) is 0. The third-order valence-electron chi connectivity index (χ3n) is 3.91. The lowest BCUT2D eigenvalue weighted by Gasteiger charge is -2.15. The first-order chi connectivity index (χ1) is 13.5. The molecule has 1 atom stereocenters. The van der Waals surface area contributed by atoms with Gasteiger partial charge in [0.25, 0.3) is 5.91 Å². The van der Waals surface area contributed by atoms with Crippen molar-refractivity contribution in [2.24, 2.45) is 4.99 Å². The summed E-state index contributed by atoms with van der Waals surface area (Å²) in [5.74, 6) is 0.163. The van der Waals surface area contributed by atoms with Gasteiger partial charge < -0.3 is 10.1 Å². The van der Waals surface area contributed by atoms with Crippen LogP contribution in [0.3, 0.4) is 0 Å². The lowest BCUT2D eigenvalue weighted by molar-refractivity contribution is -0.123. The second-order valence-electron chi connectivity index (χ2n) is 5.99. The molecule has 1 aliphatic rings. The first kappa shape index (κ1) is 20.4. The zero-order chi connectivity index (χ0) is 19.9. The number of esters is 1. The van der Waals surface area contributed by atoms with Crippen molar-refractivity contribution in [3.05, 3.63) is 65.5 Å². The highest BCUT2D eigenvalue weighted by atomic mass is 32.2. The number of hydrogen-bond acceptors (Lipinski definition) is 6. The average Bonchev–Trinajstić information content (AvgIpc) is 3.22. The van der Waals surface area contributed by atoms with Crippen LogP contribution in [0.25, 0.3) is 0 Å². The first-order valence-corrected chi connectivity index (χ1v) is 10.7.